The van der Waals surface area contributed by atoms with Crippen LogP contribution in [0, 0.1) is 27.7 Å². The summed E-state index contributed by atoms with van der Waals surface area (Å²) in [5, 5.41) is 9.24. The van der Waals surface area contributed by atoms with Crippen LogP contribution in [0.15, 0.2) is 58.7 Å². The van der Waals surface area contributed by atoms with Crippen molar-refractivity contribution >= 4 is 47.4 Å². The quantitative estimate of drug-likeness (QED) is 0.262. The van der Waals surface area contributed by atoms with Crippen molar-refractivity contribution in [2.75, 3.05) is 13.2 Å². The van der Waals surface area contributed by atoms with Crippen LogP contribution in [0.25, 0.3) is 0 Å². The summed E-state index contributed by atoms with van der Waals surface area (Å²) in [5.74, 6) is 0.347. The molecule has 0 aromatic heterocycles. The van der Waals surface area contributed by atoms with Gasteiger partial charge in [-0.2, -0.15) is 10.2 Å². The lowest BCUT2D eigenvalue weighted by molar-refractivity contribution is -0.123. The monoisotopic (exact) mass is 554 g/mol. The zero-order valence-corrected chi connectivity index (χ0v) is 23.0. The van der Waals surface area contributed by atoms with Crippen molar-refractivity contribution in [3.05, 3.63) is 92.0 Å². The highest BCUT2D eigenvalue weighted by molar-refractivity contribution is 6.32. The Hall–Kier alpha value is -3.88. The minimum Gasteiger partial charge on any atom is -0.484 e. The maximum absolute atomic E-state index is 12.0. The summed E-state index contributed by atoms with van der Waals surface area (Å²) in [6.07, 6.45) is 3.02. The molecule has 0 saturated carbocycles. The molecule has 0 heterocycles. The van der Waals surface area contributed by atoms with Gasteiger partial charge in [0, 0.05) is 10.0 Å². The van der Waals surface area contributed by atoms with Gasteiger partial charge in [0.15, 0.2) is 13.2 Å². The standard InChI is InChI=1S/C28H28Cl2N4O4/c1-17-9-23(10-18(2)27(17)29)37-15-25(35)33-31-13-21-5-7-22(8-6-21)14-32-34-26(36)16-38-24-11-19(3)28(30)20(4)12-24/h5-14H,15-16H2,1-4H3,(H,33,35)(H,34,36). The van der Waals surface area contributed by atoms with Gasteiger partial charge in [-0.15, -0.1) is 0 Å². The minimum absolute atomic E-state index is 0.178. The molecule has 0 bridgehead atoms. The largest absolute Gasteiger partial charge is 0.484 e. The summed E-state index contributed by atoms with van der Waals surface area (Å²) in [4.78, 5) is 24.0. The Kier molecular flexibility index (Phi) is 10.3. The van der Waals surface area contributed by atoms with Gasteiger partial charge in [0.2, 0.25) is 0 Å². The highest BCUT2D eigenvalue weighted by atomic mass is 35.5. The fraction of sp³-hybridized carbons (Fsp3) is 0.214. The minimum atomic E-state index is -0.392. The van der Waals surface area contributed by atoms with Crippen LogP contribution in [-0.2, 0) is 9.59 Å². The number of benzene rings is 3. The van der Waals surface area contributed by atoms with Crippen molar-refractivity contribution in [1.29, 1.82) is 0 Å². The number of amides is 2. The number of hydrogen-bond acceptors (Lipinski definition) is 6. The molecular weight excluding hydrogens is 527 g/mol. The average Bonchev–Trinajstić information content (AvgIpc) is 2.88. The zero-order valence-electron chi connectivity index (χ0n) is 21.5. The lowest BCUT2D eigenvalue weighted by Gasteiger charge is -2.09. The summed E-state index contributed by atoms with van der Waals surface area (Å²) < 4.78 is 11.0. The predicted octanol–water partition coefficient (Wildman–Crippen LogP) is 5.29. The number of nitrogens with one attached hydrogen (secondary N) is 2. The van der Waals surface area contributed by atoms with Gasteiger partial charge in [0.1, 0.15) is 11.5 Å². The molecule has 0 spiro atoms. The van der Waals surface area contributed by atoms with E-state index < -0.39 is 11.8 Å². The lowest BCUT2D eigenvalue weighted by atomic mass is 10.1. The summed E-state index contributed by atoms with van der Waals surface area (Å²) in [5.41, 5.74) is 9.89. The van der Waals surface area contributed by atoms with E-state index >= 15 is 0 Å². The number of carbonyl (C=O) groups is 2. The van der Waals surface area contributed by atoms with Gasteiger partial charge < -0.3 is 9.47 Å². The first kappa shape index (κ1) is 28.7. The average molecular weight is 555 g/mol. The Morgan fingerprint density at radius 3 is 1.32 bits per heavy atom. The fourth-order valence-corrected chi connectivity index (χ4v) is 3.59. The summed E-state index contributed by atoms with van der Waals surface area (Å²) in [6.45, 7) is 7.15. The zero-order chi connectivity index (χ0) is 27.7. The first-order valence-corrected chi connectivity index (χ1v) is 12.4. The van der Waals surface area contributed by atoms with E-state index in [9.17, 15) is 9.59 Å². The number of hydrazone groups is 2. The van der Waals surface area contributed by atoms with Crippen LogP contribution < -0.4 is 20.3 Å². The molecule has 3 rings (SSSR count). The van der Waals surface area contributed by atoms with Crippen molar-refractivity contribution in [1.82, 2.24) is 10.9 Å². The molecule has 2 N–H and O–H groups in total. The van der Waals surface area contributed by atoms with E-state index in [2.05, 4.69) is 21.1 Å². The van der Waals surface area contributed by atoms with Crippen molar-refractivity contribution in [3.8, 4) is 11.5 Å². The maximum Gasteiger partial charge on any atom is 0.277 e. The fourth-order valence-electron chi connectivity index (χ4n) is 3.37. The van der Waals surface area contributed by atoms with Crippen molar-refractivity contribution < 1.29 is 19.1 Å². The third-order valence-corrected chi connectivity index (χ3v) is 6.49. The van der Waals surface area contributed by atoms with Gasteiger partial charge in [-0.25, -0.2) is 10.9 Å². The molecule has 0 atom stereocenters. The second-order valence-electron chi connectivity index (χ2n) is 8.57. The van der Waals surface area contributed by atoms with Gasteiger partial charge in [-0.1, -0.05) is 47.5 Å². The number of halogens is 2. The molecule has 0 unspecified atom stereocenters. The first-order valence-electron chi connectivity index (χ1n) is 11.7. The summed E-state index contributed by atoms with van der Waals surface area (Å²) in [7, 11) is 0. The predicted molar refractivity (Wildman–Crippen MR) is 151 cm³/mol. The molecule has 8 nitrogen and oxygen atoms in total. The van der Waals surface area contributed by atoms with E-state index in [1.807, 2.05) is 27.7 Å². The number of ether oxygens (including phenoxy) is 2. The molecule has 0 aliphatic heterocycles. The van der Waals surface area contributed by atoms with Crippen molar-refractivity contribution in [2.24, 2.45) is 10.2 Å². The first-order chi connectivity index (χ1) is 18.1. The van der Waals surface area contributed by atoms with Gasteiger partial charge in [0.25, 0.3) is 11.8 Å². The molecule has 0 fully saturated rings. The third kappa shape index (κ3) is 8.61. The maximum atomic E-state index is 12.0. The molecule has 3 aromatic rings. The Labute approximate surface area is 231 Å². The molecular formula is C28H28Cl2N4O4. The normalized spacial score (nSPS) is 11.1. The van der Waals surface area contributed by atoms with E-state index in [0.717, 1.165) is 33.4 Å². The molecule has 10 heteroatoms. The van der Waals surface area contributed by atoms with Crippen LogP contribution in [-0.4, -0.2) is 37.5 Å². The van der Waals surface area contributed by atoms with Crippen LogP contribution in [0.1, 0.15) is 33.4 Å². The van der Waals surface area contributed by atoms with Crippen LogP contribution in [0.5, 0.6) is 11.5 Å². The Bertz CT molecular complexity index is 1220. The van der Waals surface area contributed by atoms with Crippen molar-refractivity contribution in [3.63, 3.8) is 0 Å². The molecule has 0 aliphatic rings. The van der Waals surface area contributed by atoms with Crippen LogP contribution in [0.4, 0.5) is 0 Å². The molecule has 198 valence electrons. The van der Waals surface area contributed by atoms with Gasteiger partial charge in [-0.05, 0) is 85.3 Å². The second-order valence-corrected chi connectivity index (χ2v) is 9.33. The number of aryl methyl sites for hydroxylation is 4. The van der Waals surface area contributed by atoms with Gasteiger partial charge in [-0.3, -0.25) is 9.59 Å². The lowest BCUT2D eigenvalue weighted by Crippen LogP contribution is -2.24. The van der Waals surface area contributed by atoms with Gasteiger partial charge >= 0.3 is 0 Å². The van der Waals surface area contributed by atoms with Crippen LogP contribution in [0.2, 0.25) is 10.0 Å². The Balaban J connectivity index is 1.40. The number of nitrogens with zero attached hydrogens (tertiary/aromatic N) is 2. The topological polar surface area (TPSA) is 101 Å². The number of carbonyl (C=O) groups excluding carboxylic acids is 2. The van der Waals surface area contributed by atoms with Gasteiger partial charge in [0.05, 0.1) is 12.4 Å². The van der Waals surface area contributed by atoms with E-state index in [-0.39, 0.29) is 13.2 Å². The highest BCUT2D eigenvalue weighted by Gasteiger charge is 2.07. The molecule has 0 aliphatic carbocycles. The van der Waals surface area contributed by atoms with E-state index in [1.54, 1.807) is 48.5 Å². The second kappa shape index (κ2) is 13.6. The van der Waals surface area contributed by atoms with Crippen LogP contribution in [0.3, 0.4) is 0 Å². The van der Waals surface area contributed by atoms with E-state index in [4.69, 9.17) is 32.7 Å². The van der Waals surface area contributed by atoms with E-state index in [1.165, 1.54) is 12.4 Å². The smallest absolute Gasteiger partial charge is 0.277 e. The Morgan fingerprint density at radius 1 is 0.684 bits per heavy atom. The Morgan fingerprint density at radius 2 is 1.00 bits per heavy atom. The molecule has 0 radical (unpaired) electrons. The molecule has 2 amide bonds. The number of rotatable bonds is 10. The van der Waals surface area contributed by atoms with Crippen molar-refractivity contribution in [2.45, 2.75) is 27.7 Å². The summed E-state index contributed by atoms with van der Waals surface area (Å²) >= 11 is 12.3. The van der Waals surface area contributed by atoms with E-state index in [0.29, 0.717) is 21.5 Å². The number of hydrogen-bond donors (Lipinski definition) is 2. The molecule has 0 saturated heterocycles. The molecule has 3 aromatic carbocycles. The molecule has 38 heavy (non-hydrogen) atoms. The van der Waals surface area contributed by atoms with Crippen LogP contribution >= 0.6 is 23.2 Å². The third-order valence-electron chi connectivity index (χ3n) is 5.30. The summed E-state index contributed by atoms with van der Waals surface area (Å²) in [6, 6.07) is 14.3. The SMILES string of the molecule is Cc1cc(OCC(=O)NN=Cc2ccc(C=NNC(=O)COc3cc(C)c(Cl)c(C)c3)cc2)cc(C)c1Cl. The highest BCUT2D eigenvalue weighted by Crippen LogP contribution is 2.26.